The van der Waals surface area contributed by atoms with Gasteiger partial charge in [-0.2, -0.15) is 0 Å². The maximum atomic E-state index is 13.7. The third-order valence-electron chi connectivity index (χ3n) is 8.73. The van der Waals surface area contributed by atoms with Crippen molar-refractivity contribution in [2.24, 2.45) is 16.1 Å². The first-order valence-corrected chi connectivity index (χ1v) is 15.4. The van der Waals surface area contributed by atoms with Gasteiger partial charge in [0.05, 0.1) is 29.0 Å². The Labute approximate surface area is 257 Å². The summed E-state index contributed by atoms with van der Waals surface area (Å²) in [4.78, 5) is 57.3. The van der Waals surface area contributed by atoms with E-state index < -0.39 is 23.6 Å². The molecule has 0 aromatic heterocycles. The van der Waals surface area contributed by atoms with E-state index in [1.165, 1.54) is 17.0 Å². The summed E-state index contributed by atoms with van der Waals surface area (Å²) in [7, 11) is 0. The first-order chi connectivity index (χ1) is 21.2. The van der Waals surface area contributed by atoms with Crippen molar-refractivity contribution in [1.29, 1.82) is 0 Å². The molecule has 0 fully saturated rings. The van der Waals surface area contributed by atoms with Gasteiger partial charge in [-0.05, 0) is 82.2 Å². The first-order valence-electron chi connectivity index (χ1n) is 15.4. The van der Waals surface area contributed by atoms with Crippen LogP contribution in [0.25, 0.3) is 5.76 Å². The topological polar surface area (TPSA) is 129 Å². The van der Waals surface area contributed by atoms with Gasteiger partial charge in [0.15, 0.2) is 11.5 Å². The molecule has 3 aliphatic rings. The Morgan fingerprint density at radius 2 is 1.70 bits per heavy atom. The molecule has 0 saturated carbocycles. The predicted octanol–water partition coefficient (Wildman–Crippen LogP) is 7.04. The Morgan fingerprint density at radius 3 is 2.36 bits per heavy atom. The number of aliphatic hydroxyl groups excluding tert-OH is 1. The number of nitrogens with zero attached hydrogens (tertiary/aromatic N) is 4. The van der Waals surface area contributed by atoms with Crippen molar-refractivity contribution in [3.63, 3.8) is 0 Å². The number of carbonyl (C=O) groups excluding carboxylic acids is 4. The molecule has 10 nitrogen and oxygen atoms in total. The molecule has 2 aliphatic carbocycles. The van der Waals surface area contributed by atoms with Crippen molar-refractivity contribution in [3.8, 4) is 0 Å². The highest BCUT2D eigenvalue weighted by molar-refractivity contribution is 6.26. The molecule has 1 heterocycles. The van der Waals surface area contributed by atoms with Crippen LogP contribution in [0.5, 0.6) is 0 Å². The van der Waals surface area contributed by atoms with Gasteiger partial charge in [-0.1, -0.05) is 26.0 Å². The van der Waals surface area contributed by atoms with Crippen LogP contribution >= 0.6 is 0 Å². The molecule has 1 atom stereocenters. The van der Waals surface area contributed by atoms with E-state index in [0.717, 1.165) is 38.0 Å². The van der Waals surface area contributed by atoms with E-state index in [4.69, 9.17) is 4.74 Å². The van der Waals surface area contributed by atoms with E-state index in [2.05, 4.69) is 27.3 Å². The third-order valence-corrected chi connectivity index (χ3v) is 8.73. The Kier molecular flexibility index (Phi) is 9.08. The highest BCUT2D eigenvalue weighted by Crippen LogP contribution is 2.39. The zero-order valence-electron chi connectivity index (χ0n) is 25.6. The average molecular weight is 599 g/mol. The molecule has 2 aromatic carbocycles. The molecule has 1 N–H and O–H groups in total. The maximum Gasteiger partial charge on any atom is 0.338 e. The Bertz CT molecular complexity index is 1600. The first kappa shape index (κ1) is 30.8. The van der Waals surface area contributed by atoms with Crippen molar-refractivity contribution in [2.75, 3.05) is 24.6 Å². The van der Waals surface area contributed by atoms with Crippen molar-refractivity contribution in [3.05, 3.63) is 76.0 Å². The van der Waals surface area contributed by atoms with Gasteiger partial charge in [-0.15, -0.1) is 10.2 Å². The lowest BCUT2D eigenvalue weighted by Gasteiger charge is -2.23. The number of aliphatic hydroxyl groups is 1. The van der Waals surface area contributed by atoms with Crippen LogP contribution in [0, 0.1) is 5.92 Å². The molecular formula is C34H38N4O6. The number of rotatable bonds is 11. The number of hydrogen-bond donors (Lipinski definition) is 1. The fraction of sp³-hybridized carbons (Fsp3) is 0.412. The summed E-state index contributed by atoms with van der Waals surface area (Å²) >= 11 is 0. The standard InChI is InChI=1S/C34H38N4O6/c1-5-21(6-2)38-32(41)27-24(34(43)44-19-20-12-10-9-11-13-20)16-17-26(28(27)33(38)42)35-36-29-30(39)23-15-14-22(37(7-3)8-4)18-25(23)31(29)40/h9-10,14-18,20-21,39H,5-8,11-13,19H2,1-4H3. The van der Waals surface area contributed by atoms with E-state index in [1.807, 2.05) is 33.8 Å². The molecule has 230 valence electrons. The van der Waals surface area contributed by atoms with Crippen molar-refractivity contribution < 1.29 is 29.0 Å². The number of Topliss-reactive ketones (excluding diaryl/α,β-unsaturated/α-hetero) is 1. The molecule has 2 amide bonds. The average Bonchev–Trinajstić information content (AvgIpc) is 3.45. The van der Waals surface area contributed by atoms with Crippen molar-refractivity contribution in [1.82, 2.24) is 4.90 Å². The summed E-state index contributed by atoms with van der Waals surface area (Å²) < 4.78 is 5.61. The monoisotopic (exact) mass is 598 g/mol. The number of ketones is 1. The van der Waals surface area contributed by atoms with Gasteiger partial charge in [0.1, 0.15) is 0 Å². The number of fused-ring (bicyclic) bond motifs is 2. The lowest BCUT2D eigenvalue weighted by atomic mass is 9.95. The summed E-state index contributed by atoms with van der Waals surface area (Å²) in [6.07, 6.45) is 7.89. The summed E-state index contributed by atoms with van der Waals surface area (Å²) in [6, 6.07) is 7.70. The van der Waals surface area contributed by atoms with Gasteiger partial charge < -0.3 is 14.7 Å². The zero-order valence-corrected chi connectivity index (χ0v) is 25.6. The molecular weight excluding hydrogens is 560 g/mol. The van der Waals surface area contributed by atoms with Crippen LogP contribution in [0.1, 0.15) is 107 Å². The highest BCUT2D eigenvalue weighted by atomic mass is 16.5. The lowest BCUT2D eigenvalue weighted by molar-refractivity contribution is 0.0425. The van der Waals surface area contributed by atoms with Crippen LogP contribution in [0.4, 0.5) is 11.4 Å². The molecule has 44 heavy (non-hydrogen) atoms. The van der Waals surface area contributed by atoms with E-state index in [9.17, 15) is 24.3 Å². The summed E-state index contributed by atoms with van der Waals surface area (Å²) in [5, 5.41) is 19.2. The predicted molar refractivity (Wildman–Crippen MR) is 166 cm³/mol. The number of allylic oxidation sites excluding steroid dienone is 3. The number of esters is 1. The molecule has 0 saturated heterocycles. The number of ether oxygens (including phenoxy) is 1. The Hall–Kier alpha value is -4.60. The minimum Gasteiger partial charge on any atom is -0.505 e. The normalized spacial score (nSPS) is 17.7. The fourth-order valence-electron chi connectivity index (χ4n) is 6.15. The molecule has 0 bridgehead atoms. The SMILES string of the molecule is CCC(CC)N1C(=O)c2c(N=NC3=C(O)c4ccc(N(CC)CC)cc4C3=O)ccc(C(=O)OCC3CC=CCC3)c2C1=O. The summed E-state index contributed by atoms with van der Waals surface area (Å²) in [5.74, 6) is -2.46. The van der Waals surface area contributed by atoms with Crippen LogP contribution in [0.15, 0.2) is 58.4 Å². The number of imide groups is 1. The summed E-state index contributed by atoms with van der Waals surface area (Å²) in [5.41, 5.74) is 1.12. The van der Waals surface area contributed by atoms with E-state index in [-0.39, 0.29) is 52.4 Å². The Morgan fingerprint density at radius 1 is 0.977 bits per heavy atom. The highest BCUT2D eigenvalue weighted by Gasteiger charge is 2.44. The van der Waals surface area contributed by atoms with Gasteiger partial charge in [-0.25, -0.2) is 4.79 Å². The van der Waals surface area contributed by atoms with Crippen LogP contribution in [-0.2, 0) is 4.74 Å². The second-order valence-corrected chi connectivity index (χ2v) is 11.2. The van der Waals surface area contributed by atoms with E-state index in [0.29, 0.717) is 24.0 Å². The number of carbonyl (C=O) groups is 4. The quantitative estimate of drug-likeness (QED) is 0.127. The second kappa shape index (κ2) is 13.0. The number of hydrogen-bond acceptors (Lipinski definition) is 9. The molecule has 2 aromatic rings. The van der Waals surface area contributed by atoms with Gasteiger partial charge in [-0.3, -0.25) is 19.3 Å². The number of benzene rings is 2. The molecule has 0 radical (unpaired) electrons. The van der Waals surface area contributed by atoms with E-state index >= 15 is 0 Å². The minimum atomic E-state index is -0.683. The molecule has 1 unspecified atom stereocenters. The van der Waals surface area contributed by atoms with Crippen molar-refractivity contribution >= 4 is 40.7 Å². The molecule has 0 spiro atoms. The van der Waals surface area contributed by atoms with Gasteiger partial charge in [0, 0.05) is 35.9 Å². The van der Waals surface area contributed by atoms with Crippen LogP contribution in [-0.4, -0.2) is 59.3 Å². The number of azo groups is 1. The smallest absolute Gasteiger partial charge is 0.338 e. The van der Waals surface area contributed by atoms with Crippen LogP contribution in [0.2, 0.25) is 0 Å². The largest absolute Gasteiger partial charge is 0.505 e. The zero-order chi connectivity index (χ0) is 31.5. The van der Waals surface area contributed by atoms with Crippen LogP contribution < -0.4 is 4.90 Å². The van der Waals surface area contributed by atoms with Gasteiger partial charge in [0.2, 0.25) is 5.78 Å². The number of amides is 2. The number of anilines is 1. The second-order valence-electron chi connectivity index (χ2n) is 11.2. The lowest BCUT2D eigenvalue weighted by Crippen LogP contribution is -2.39. The third kappa shape index (κ3) is 5.44. The minimum absolute atomic E-state index is 0.00699. The molecule has 5 rings (SSSR count). The molecule has 1 aliphatic heterocycles. The fourth-order valence-corrected chi connectivity index (χ4v) is 6.15. The molecule has 10 heteroatoms. The Balaban J connectivity index is 1.49. The van der Waals surface area contributed by atoms with Gasteiger partial charge >= 0.3 is 5.97 Å². The van der Waals surface area contributed by atoms with Crippen molar-refractivity contribution in [2.45, 2.75) is 65.8 Å². The van der Waals surface area contributed by atoms with Gasteiger partial charge in [0.25, 0.3) is 11.8 Å². The summed E-state index contributed by atoms with van der Waals surface area (Å²) in [6.45, 7) is 9.52. The van der Waals surface area contributed by atoms with E-state index in [1.54, 1.807) is 12.1 Å². The maximum absolute atomic E-state index is 13.7. The van der Waals surface area contributed by atoms with Crippen LogP contribution in [0.3, 0.4) is 0 Å².